The fourth-order valence-corrected chi connectivity index (χ4v) is 2.48. The fourth-order valence-electron chi connectivity index (χ4n) is 1.58. The molecule has 0 saturated heterocycles. The van der Waals surface area contributed by atoms with Crippen molar-refractivity contribution in [2.45, 2.75) is 11.8 Å². The minimum atomic E-state index is -4.00. The zero-order valence-electron chi connectivity index (χ0n) is 11.2. The minimum absolute atomic E-state index is 0.0275. The van der Waals surface area contributed by atoms with Crippen LogP contribution in [-0.2, 0) is 10.1 Å². The Hall–Kier alpha value is -2.59. The van der Waals surface area contributed by atoms with Crippen LogP contribution < -0.4 is 8.92 Å². The van der Waals surface area contributed by atoms with E-state index < -0.39 is 10.1 Å². The first-order valence-corrected chi connectivity index (χ1v) is 7.49. The van der Waals surface area contributed by atoms with E-state index in [0.717, 1.165) is 0 Å². The first kappa shape index (κ1) is 14.8. The van der Waals surface area contributed by atoms with E-state index >= 15 is 0 Å². The summed E-state index contributed by atoms with van der Waals surface area (Å²) < 4.78 is 34.6. The van der Waals surface area contributed by atoms with E-state index in [-0.39, 0.29) is 16.4 Å². The number of hydrogen-bond acceptors (Lipinski definition) is 6. The Balaban J connectivity index is 2.37. The number of nitrogens with zero attached hydrogens (tertiary/aromatic N) is 2. The van der Waals surface area contributed by atoms with Crippen molar-refractivity contribution >= 4 is 10.1 Å². The van der Waals surface area contributed by atoms with E-state index in [1.54, 1.807) is 6.92 Å². The topological polar surface area (TPSA) is 89.3 Å². The van der Waals surface area contributed by atoms with Gasteiger partial charge in [-0.2, -0.15) is 13.7 Å². The van der Waals surface area contributed by atoms with Crippen LogP contribution in [0.2, 0.25) is 0 Å². The lowest BCUT2D eigenvalue weighted by molar-refractivity contribution is 0.327. The summed E-state index contributed by atoms with van der Waals surface area (Å²) in [6, 6.07) is 9.10. The second-order valence-electron chi connectivity index (χ2n) is 3.93. The number of benzene rings is 1. The van der Waals surface area contributed by atoms with Crippen LogP contribution in [-0.4, -0.2) is 20.0 Å². The van der Waals surface area contributed by atoms with Crippen LogP contribution in [0.25, 0.3) is 0 Å². The van der Waals surface area contributed by atoms with Crippen LogP contribution in [0.5, 0.6) is 11.5 Å². The van der Waals surface area contributed by atoms with E-state index in [0.29, 0.717) is 12.2 Å². The van der Waals surface area contributed by atoms with Gasteiger partial charge in [-0.1, -0.05) is 0 Å². The summed E-state index contributed by atoms with van der Waals surface area (Å²) in [5.41, 5.74) is 0.351. The number of hydrogen-bond donors (Lipinski definition) is 0. The monoisotopic (exact) mass is 304 g/mol. The molecule has 0 N–H and O–H groups in total. The molecule has 1 heterocycles. The lowest BCUT2D eigenvalue weighted by atomic mass is 10.2. The van der Waals surface area contributed by atoms with Crippen molar-refractivity contribution in [1.29, 1.82) is 5.26 Å². The highest BCUT2D eigenvalue weighted by atomic mass is 32.2. The van der Waals surface area contributed by atoms with Crippen LogP contribution in [0, 0.1) is 11.3 Å². The largest absolute Gasteiger partial charge is 0.490 e. The Morgan fingerprint density at radius 3 is 2.71 bits per heavy atom. The van der Waals surface area contributed by atoms with Crippen molar-refractivity contribution in [3.63, 3.8) is 0 Å². The Morgan fingerprint density at radius 1 is 1.29 bits per heavy atom. The summed E-state index contributed by atoms with van der Waals surface area (Å²) in [7, 11) is -4.00. The van der Waals surface area contributed by atoms with Gasteiger partial charge >= 0.3 is 10.1 Å². The predicted molar refractivity (Wildman–Crippen MR) is 74.4 cm³/mol. The van der Waals surface area contributed by atoms with Gasteiger partial charge in [-0.3, -0.25) is 4.98 Å². The SMILES string of the molecule is CCOc1cc(C#N)ccc1OS(=O)(=O)c1cccnc1. The Kier molecular flexibility index (Phi) is 4.40. The van der Waals surface area contributed by atoms with Gasteiger partial charge in [0.1, 0.15) is 4.90 Å². The summed E-state index contributed by atoms with van der Waals surface area (Å²) in [6.45, 7) is 2.07. The summed E-state index contributed by atoms with van der Waals surface area (Å²) in [5, 5.41) is 8.86. The van der Waals surface area contributed by atoms with Gasteiger partial charge in [-0.15, -0.1) is 0 Å². The van der Waals surface area contributed by atoms with E-state index in [9.17, 15) is 8.42 Å². The highest BCUT2D eigenvalue weighted by molar-refractivity contribution is 7.87. The molecule has 0 unspecified atom stereocenters. The molecule has 0 aliphatic heterocycles. The highest BCUT2D eigenvalue weighted by Crippen LogP contribution is 2.30. The second kappa shape index (κ2) is 6.24. The van der Waals surface area contributed by atoms with Crippen molar-refractivity contribution in [1.82, 2.24) is 4.98 Å². The second-order valence-corrected chi connectivity index (χ2v) is 5.48. The van der Waals surface area contributed by atoms with Crippen LogP contribution >= 0.6 is 0 Å². The normalized spacial score (nSPS) is 10.7. The zero-order chi connectivity index (χ0) is 15.3. The van der Waals surface area contributed by atoms with Gasteiger partial charge in [-0.25, -0.2) is 0 Å². The maximum absolute atomic E-state index is 12.1. The van der Waals surface area contributed by atoms with Gasteiger partial charge < -0.3 is 8.92 Å². The molecule has 0 spiro atoms. The van der Waals surface area contributed by atoms with Crippen molar-refractivity contribution in [3.8, 4) is 17.6 Å². The molecule has 1 aromatic carbocycles. The molecule has 7 heteroatoms. The summed E-state index contributed by atoms with van der Waals surface area (Å²) in [6.07, 6.45) is 2.66. The van der Waals surface area contributed by atoms with E-state index in [4.69, 9.17) is 14.2 Å². The maximum Gasteiger partial charge on any atom is 0.340 e. The summed E-state index contributed by atoms with van der Waals surface area (Å²) in [4.78, 5) is 3.69. The van der Waals surface area contributed by atoms with Crippen molar-refractivity contribution in [2.24, 2.45) is 0 Å². The van der Waals surface area contributed by atoms with E-state index in [2.05, 4.69) is 4.98 Å². The molecule has 1 aromatic heterocycles. The number of ether oxygens (including phenoxy) is 1. The van der Waals surface area contributed by atoms with Crippen LogP contribution in [0.15, 0.2) is 47.6 Å². The molecule has 0 saturated carbocycles. The molecule has 2 aromatic rings. The van der Waals surface area contributed by atoms with Crippen LogP contribution in [0.3, 0.4) is 0 Å². The molecule has 0 atom stereocenters. The molecule has 6 nitrogen and oxygen atoms in total. The van der Waals surface area contributed by atoms with Crippen molar-refractivity contribution < 1.29 is 17.3 Å². The van der Waals surface area contributed by atoms with Gasteiger partial charge in [-0.05, 0) is 31.2 Å². The predicted octanol–water partition coefficient (Wildman–Crippen LogP) is 2.12. The molecule has 0 amide bonds. The highest BCUT2D eigenvalue weighted by Gasteiger charge is 2.19. The molecule has 0 aliphatic rings. The smallest absolute Gasteiger partial charge is 0.340 e. The standard InChI is InChI=1S/C14H12N2O4S/c1-2-19-14-8-11(9-15)5-6-13(14)20-21(17,18)12-4-3-7-16-10-12/h3-8,10H,2H2,1H3. The zero-order valence-corrected chi connectivity index (χ0v) is 12.0. The lowest BCUT2D eigenvalue weighted by Gasteiger charge is -2.11. The number of aromatic nitrogens is 1. The molecular formula is C14H12N2O4S. The molecule has 0 fully saturated rings. The third-order valence-corrected chi connectivity index (χ3v) is 3.71. The molecule has 0 bridgehead atoms. The number of pyridine rings is 1. The molecule has 21 heavy (non-hydrogen) atoms. The first-order valence-electron chi connectivity index (χ1n) is 6.08. The van der Waals surface area contributed by atoms with Crippen LogP contribution in [0.1, 0.15) is 12.5 Å². The molecule has 0 radical (unpaired) electrons. The Labute approximate surface area is 122 Å². The summed E-state index contributed by atoms with van der Waals surface area (Å²) in [5.74, 6) is 0.226. The van der Waals surface area contributed by atoms with Crippen LogP contribution in [0.4, 0.5) is 0 Å². The quantitative estimate of drug-likeness (QED) is 0.786. The average molecular weight is 304 g/mol. The van der Waals surface area contributed by atoms with Crippen molar-refractivity contribution in [2.75, 3.05) is 6.61 Å². The number of nitriles is 1. The fraction of sp³-hybridized carbons (Fsp3) is 0.143. The summed E-state index contributed by atoms with van der Waals surface area (Å²) >= 11 is 0. The maximum atomic E-state index is 12.1. The van der Waals surface area contributed by atoms with Gasteiger partial charge in [0.15, 0.2) is 11.5 Å². The average Bonchev–Trinajstić information content (AvgIpc) is 2.50. The van der Waals surface area contributed by atoms with Gasteiger partial charge in [0.05, 0.1) is 18.2 Å². The van der Waals surface area contributed by atoms with Gasteiger partial charge in [0.2, 0.25) is 0 Å². The molecular weight excluding hydrogens is 292 g/mol. The molecule has 108 valence electrons. The lowest BCUT2D eigenvalue weighted by Crippen LogP contribution is -2.11. The minimum Gasteiger partial charge on any atom is -0.490 e. The third kappa shape index (κ3) is 3.49. The van der Waals surface area contributed by atoms with Gasteiger partial charge in [0, 0.05) is 18.5 Å². The Bertz CT molecular complexity index is 767. The van der Waals surface area contributed by atoms with Gasteiger partial charge in [0.25, 0.3) is 0 Å². The number of rotatable bonds is 5. The molecule has 0 aliphatic carbocycles. The van der Waals surface area contributed by atoms with Crippen molar-refractivity contribution in [3.05, 3.63) is 48.3 Å². The van der Waals surface area contributed by atoms with E-state index in [1.807, 2.05) is 6.07 Å². The Morgan fingerprint density at radius 2 is 2.10 bits per heavy atom. The third-order valence-electron chi connectivity index (χ3n) is 2.50. The first-order chi connectivity index (χ1) is 10.1. The van der Waals surface area contributed by atoms with E-state index in [1.165, 1.54) is 42.7 Å². The molecule has 2 rings (SSSR count).